The van der Waals surface area contributed by atoms with E-state index in [-0.39, 0.29) is 360 Å². The molecule has 0 saturated heterocycles. The standard InChI is InChI=1S/12CN.2Fe.7K/c12*1-2;;;;;;;;;/q;;;;;;;;;;;;-4;-3;7*+1. The molecule has 12 nitrogen and oxygen atoms in total. The average molecular weight is 698 g/mol. The zero-order valence-corrected chi connectivity index (χ0v) is 43.1. The van der Waals surface area contributed by atoms with Gasteiger partial charge in [-0.2, -0.15) is 0 Å². The van der Waals surface area contributed by atoms with Gasteiger partial charge in [0.2, 0.25) is 0 Å². The topological polar surface area (TPSA) is 285 Å². The van der Waals surface area contributed by atoms with Crippen LogP contribution >= 0.6 is 0 Å². The van der Waals surface area contributed by atoms with Crippen LogP contribution in [-0.4, -0.2) is 0 Å². The zero-order valence-electron chi connectivity index (χ0n) is 19.1. The molecule has 0 heterocycles. The van der Waals surface area contributed by atoms with E-state index in [9.17, 15) is 0 Å². The van der Waals surface area contributed by atoms with Gasteiger partial charge in [0.05, 0.1) is 0 Å². The number of hydrogen-bond acceptors (Lipinski definition) is 12. The molecule has 0 unspecified atom stereocenters. The fourth-order valence-electron chi connectivity index (χ4n) is 0.530. The molecule has 0 rings (SSSR count). The Morgan fingerprint density at radius 3 is 0.424 bits per heavy atom. The third-order valence-electron chi connectivity index (χ3n) is 2.37. The maximum absolute atomic E-state index is 8.58. The summed E-state index contributed by atoms with van der Waals surface area (Å²) in [6.07, 6.45) is 0. The Labute approximate surface area is 486 Å². The molecule has 0 aliphatic heterocycles. The monoisotopic (exact) mass is 697 g/mol. The summed E-state index contributed by atoms with van der Waals surface area (Å²) in [6.45, 7) is 0. The SMILES string of the molecule is N#[C][Fe-3]([C]#N)([C]#N)([C]#N)([C]#N)[C]#N.N#[C][Fe-4]([C]#N)([C]#N)([C]#N)([C]#N)[C]#N.[K+].[K+].[K+].[K+].[K+].[K+].[K+]. The summed E-state index contributed by atoms with van der Waals surface area (Å²) in [5, 5.41) is 103. The third-order valence-corrected chi connectivity index (χ3v) is 9.78. The molecule has 0 bridgehead atoms. The van der Waals surface area contributed by atoms with Crippen LogP contribution in [0.3, 0.4) is 0 Å². The van der Waals surface area contributed by atoms with Crippen molar-refractivity contribution in [1.82, 2.24) is 0 Å². The molecule has 0 aliphatic rings. The van der Waals surface area contributed by atoms with Gasteiger partial charge in [-0.1, -0.05) is 0 Å². The minimum atomic E-state index is -6.17. The van der Waals surface area contributed by atoms with E-state index in [1.807, 2.05) is 0 Å². The minimum absolute atomic E-state index is 0. The van der Waals surface area contributed by atoms with Crippen LogP contribution in [0.2, 0.25) is 0 Å². The normalized spacial score (nSPS) is 10.5. The molecule has 0 spiro atoms. The quantitative estimate of drug-likeness (QED) is 0.213. The van der Waals surface area contributed by atoms with Crippen LogP contribution < -0.4 is 360 Å². The fourth-order valence-corrected chi connectivity index (χ4v) is 2.19. The maximum Gasteiger partial charge on any atom is 1.00 e. The molecule has 0 aromatic heterocycles. The Kier molecular flexibility index (Phi) is 43.6. The van der Waals surface area contributed by atoms with Crippen molar-refractivity contribution in [1.29, 1.82) is 63.1 Å². The van der Waals surface area contributed by atoms with E-state index < -0.39 is 21.5 Å². The van der Waals surface area contributed by atoms with E-state index in [4.69, 9.17) is 63.1 Å². The van der Waals surface area contributed by atoms with Crippen LogP contribution in [0.25, 0.3) is 0 Å². The molecule has 0 aromatic carbocycles. The van der Waals surface area contributed by atoms with Crippen molar-refractivity contribution >= 4 is 0 Å². The van der Waals surface area contributed by atoms with Gasteiger partial charge in [-0.05, 0) is 0 Å². The molecule has 0 aromatic rings. The van der Waals surface area contributed by atoms with Gasteiger partial charge in [-0.15, -0.1) is 0 Å². The van der Waals surface area contributed by atoms with E-state index in [0.29, 0.717) is 0 Å². The average Bonchev–Trinajstić information content (AvgIpc) is 2.77. The first kappa shape index (κ1) is 62.8. The van der Waals surface area contributed by atoms with E-state index in [0.717, 1.165) is 59.6 Å². The molecule has 0 saturated carbocycles. The third kappa shape index (κ3) is 11.5. The van der Waals surface area contributed by atoms with Crippen molar-refractivity contribution in [2.75, 3.05) is 0 Å². The summed E-state index contributed by atoms with van der Waals surface area (Å²) >= 11 is 0. The van der Waals surface area contributed by atoms with Crippen molar-refractivity contribution in [2.45, 2.75) is 0 Å². The van der Waals surface area contributed by atoms with Gasteiger partial charge in [-0.25, -0.2) is 0 Å². The fraction of sp³-hybridized carbons (Fsp3) is 0. The Balaban J connectivity index is -0.0000000411. The first-order chi connectivity index (χ1) is 11.9. The Bertz CT molecular complexity index is 901. The van der Waals surface area contributed by atoms with Crippen LogP contribution in [0.5, 0.6) is 0 Å². The summed E-state index contributed by atoms with van der Waals surface area (Å²) in [4.78, 5) is 12.4. The predicted molar refractivity (Wildman–Crippen MR) is 67.4 cm³/mol. The maximum atomic E-state index is 8.58. The van der Waals surface area contributed by atoms with Crippen LogP contribution in [0.15, 0.2) is 0 Å². The zero-order chi connectivity index (χ0) is 21.3. The Hall–Kier alpha value is 6.37. The second-order valence-electron chi connectivity index (χ2n) is 3.60. The second kappa shape index (κ2) is 22.9. The van der Waals surface area contributed by atoms with Gasteiger partial charge in [-0.3, -0.25) is 0 Å². The molecule has 0 N–H and O–H groups in total. The molecule has 0 aliphatic carbocycles. The number of rotatable bonds is 0. The van der Waals surface area contributed by atoms with Crippen molar-refractivity contribution in [3.8, 4) is 59.6 Å². The first-order valence-electron chi connectivity index (χ1n) is 4.80. The number of nitrogens with zero attached hydrogens (tertiary/aromatic N) is 12. The van der Waals surface area contributed by atoms with Crippen molar-refractivity contribution in [2.24, 2.45) is 0 Å². The van der Waals surface area contributed by atoms with Gasteiger partial charge in [0.25, 0.3) is 0 Å². The molecular weight excluding hydrogens is 698 g/mol. The number of nitriles is 12. The van der Waals surface area contributed by atoms with Crippen molar-refractivity contribution in [3.05, 3.63) is 0 Å². The molecule has 131 valence electrons. The number of hydrogen-bond donors (Lipinski definition) is 0. The molecule has 21 heteroatoms. The Morgan fingerprint density at radius 2 is 0.424 bits per heavy atom. The van der Waals surface area contributed by atoms with E-state index in [2.05, 4.69) is 0 Å². The smallest absolute Gasteiger partial charge is 1.00 e. The molecule has 0 radical (unpaired) electrons. The van der Waals surface area contributed by atoms with Crippen molar-refractivity contribution < 1.29 is 381 Å². The van der Waals surface area contributed by atoms with Gasteiger partial charge < -0.3 is 0 Å². The van der Waals surface area contributed by atoms with Gasteiger partial charge in [0, 0.05) is 0 Å². The van der Waals surface area contributed by atoms with E-state index >= 15 is 0 Å². The van der Waals surface area contributed by atoms with Crippen LogP contribution in [0.1, 0.15) is 0 Å². The molecule has 0 fully saturated rings. The molecule has 0 amide bonds. The van der Waals surface area contributed by atoms with Crippen LogP contribution in [-0.2, 0) is 21.5 Å². The van der Waals surface area contributed by atoms with Gasteiger partial charge in [0.1, 0.15) is 0 Å². The van der Waals surface area contributed by atoms with Gasteiger partial charge >= 0.3 is 504 Å². The van der Waals surface area contributed by atoms with E-state index in [1.165, 1.54) is 0 Å². The first-order valence-corrected chi connectivity index (χ1v) is 11.4. The van der Waals surface area contributed by atoms with Crippen LogP contribution in [0, 0.1) is 123 Å². The molecule has 33 heavy (non-hydrogen) atoms. The molecule has 0 atom stereocenters. The van der Waals surface area contributed by atoms with Crippen LogP contribution in [0.4, 0.5) is 0 Å². The minimum Gasteiger partial charge on any atom is 1.00 e. The largest absolute Gasteiger partial charge is 1.00 e. The van der Waals surface area contributed by atoms with E-state index in [1.54, 1.807) is 0 Å². The summed E-state index contributed by atoms with van der Waals surface area (Å²) in [7, 11) is -12.3. The predicted octanol–water partition coefficient (Wildman–Crippen LogP) is -20.8. The molecular formula is C12Fe2K7N12. The summed E-state index contributed by atoms with van der Waals surface area (Å²) in [6, 6.07) is 0. The Morgan fingerprint density at radius 1 is 0.303 bits per heavy atom. The summed E-state index contributed by atoms with van der Waals surface area (Å²) in [5.74, 6) is 0. The van der Waals surface area contributed by atoms with Crippen molar-refractivity contribution in [3.63, 3.8) is 0 Å². The summed E-state index contributed by atoms with van der Waals surface area (Å²) in [5.41, 5.74) is 0. The van der Waals surface area contributed by atoms with Gasteiger partial charge in [0.15, 0.2) is 0 Å². The summed E-state index contributed by atoms with van der Waals surface area (Å²) < 4.78 is 0. The second-order valence-corrected chi connectivity index (χ2v) is 14.8.